The van der Waals surface area contributed by atoms with E-state index in [0.717, 1.165) is 6.07 Å². The largest absolute Gasteiger partial charge is 0.351 e. The number of hydrogen-bond donors (Lipinski definition) is 1. The molecule has 0 aliphatic carbocycles. The highest BCUT2D eigenvalue weighted by Gasteiger charge is 1.98. The summed E-state index contributed by atoms with van der Waals surface area (Å²) in [6.45, 7) is 0. The lowest BCUT2D eigenvalue weighted by molar-refractivity contribution is 0.249. The average molecular weight is 138 g/mol. The quantitative estimate of drug-likeness (QED) is 0.498. The first kappa shape index (κ1) is 6.47. The Bertz CT molecular complexity index is 304. The molecule has 0 unspecified atom stereocenters. The van der Waals surface area contributed by atoms with Gasteiger partial charge in [0.2, 0.25) is 0 Å². The first-order chi connectivity index (χ1) is 4.72. The second-order valence-corrected chi connectivity index (χ2v) is 1.56. The SMILES string of the molecule is NC(=O)n1[c]nccc1=O. The Morgan fingerprint density at radius 2 is 2.50 bits per heavy atom. The number of carbonyl (C=O) groups excluding carboxylic acids is 1. The van der Waals surface area contributed by atoms with Gasteiger partial charge >= 0.3 is 6.03 Å². The molecule has 0 fully saturated rings. The molecule has 1 aromatic rings. The minimum atomic E-state index is -0.877. The zero-order valence-corrected chi connectivity index (χ0v) is 4.94. The Morgan fingerprint density at radius 1 is 1.80 bits per heavy atom. The Kier molecular flexibility index (Phi) is 1.49. The third kappa shape index (κ3) is 1.02. The summed E-state index contributed by atoms with van der Waals surface area (Å²) in [5.74, 6) is 0. The lowest BCUT2D eigenvalue weighted by Crippen LogP contribution is -2.31. The van der Waals surface area contributed by atoms with Gasteiger partial charge in [0.15, 0.2) is 6.33 Å². The summed E-state index contributed by atoms with van der Waals surface area (Å²) in [7, 11) is 0. The molecule has 51 valence electrons. The van der Waals surface area contributed by atoms with Crippen molar-refractivity contribution < 1.29 is 4.79 Å². The van der Waals surface area contributed by atoms with Crippen molar-refractivity contribution in [1.82, 2.24) is 9.55 Å². The summed E-state index contributed by atoms with van der Waals surface area (Å²) in [4.78, 5) is 24.4. The van der Waals surface area contributed by atoms with Crippen LogP contribution in [0.3, 0.4) is 0 Å². The summed E-state index contributed by atoms with van der Waals surface area (Å²) in [5, 5.41) is 0. The van der Waals surface area contributed by atoms with Crippen molar-refractivity contribution in [2.75, 3.05) is 0 Å². The monoisotopic (exact) mass is 138 g/mol. The highest BCUT2D eigenvalue weighted by atomic mass is 16.2. The van der Waals surface area contributed by atoms with E-state index in [0.29, 0.717) is 4.57 Å². The number of nitrogens with two attached hydrogens (primary N) is 1. The fourth-order valence-electron chi connectivity index (χ4n) is 0.474. The molecule has 1 heterocycles. The van der Waals surface area contributed by atoms with Gasteiger partial charge in [-0.1, -0.05) is 0 Å². The number of amides is 1. The van der Waals surface area contributed by atoms with Crippen LogP contribution < -0.4 is 11.3 Å². The van der Waals surface area contributed by atoms with E-state index in [9.17, 15) is 9.59 Å². The van der Waals surface area contributed by atoms with E-state index in [-0.39, 0.29) is 0 Å². The van der Waals surface area contributed by atoms with Crippen molar-refractivity contribution in [3.8, 4) is 0 Å². The Labute approximate surface area is 56.1 Å². The van der Waals surface area contributed by atoms with Crippen LogP contribution in [-0.4, -0.2) is 15.6 Å². The molecule has 0 spiro atoms. The van der Waals surface area contributed by atoms with E-state index in [4.69, 9.17) is 5.73 Å². The van der Waals surface area contributed by atoms with E-state index in [1.165, 1.54) is 6.20 Å². The molecule has 0 bridgehead atoms. The molecule has 0 saturated carbocycles. The van der Waals surface area contributed by atoms with Crippen molar-refractivity contribution >= 4 is 6.03 Å². The predicted molar refractivity (Wildman–Crippen MR) is 32.3 cm³/mol. The van der Waals surface area contributed by atoms with Crippen LogP contribution in [-0.2, 0) is 0 Å². The molecule has 2 N–H and O–H groups in total. The van der Waals surface area contributed by atoms with Gasteiger partial charge < -0.3 is 5.73 Å². The summed E-state index contributed by atoms with van der Waals surface area (Å²) in [5.41, 5.74) is 4.24. The molecule has 1 amide bonds. The van der Waals surface area contributed by atoms with Crippen LogP contribution in [0.2, 0.25) is 0 Å². The molecule has 0 aliphatic heterocycles. The van der Waals surface area contributed by atoms with Crippen LogP contribution >= 0.6 is 0 Å². The molecule has 5 heteroatoms. The molecular weight excluding hydrogens is 134 g/mol. The van der Waals surface area contributed by atoms with Gasteiger partial charge in [-0.3, -0.25) is 4.79 Å². The third-order valence-corrected chi connectivity index (χ3v) is 0.890. The lowest BCUT2D eigenvalue weighted by atomic mass is 10.6. The zero-order valence-electron chi connectivity index (χ0n) is 4.94. The number of aromatic nitrogens is 2. The summed E-state index contributed by atoms with van der Waals surface area (Å²) in [6, 6.07) is 0.249. The van der Waals surface area contributed by atoms with Gasteiger partial charge in [0.05, 0.1) is 0 Å². The van der Waals surface area contributed by atoms with Crippen molar-refractivity contribution in [3.05, 3.63) is 28.9 Å². The summed E-state index contributed by atoms with van der Waals surface area (Å²) >= 11 is 0. The summed E-state index contributed by atoms with van der Waals surface area (Å²) < 4.78 is 0.597. The number of primary amides is 1. The maximum absolute atomic E-state index is 10.7. The van der Waals surface area contributed by atoms with Crippen LogP contribution in [0, 0.1) is 6.33 Å². The van der Waals surface area contributed by atoms with E-state index in [1.807, 2.05) is 0 Å². The standard InChI is InChI=1S/C5H4N3O2/c6-5(10)8-3-7-2-1-4(8)9/h1-2H,(H2,6,10). The van der Waals surface area contributed by atoms with Crippen molar-refractivity contribution in [1.29, 1.82) is 0 Å². The Balaban J connectivity index is 3.29. The van der Waals surface area contributed by atoms with E-state index in [2.05, 4.69) is 11.3 Å². The molecular formula is C5H4N3O2. The highest BCUT2D eigenvalue weighted by Crippen LogP contribution is 1.70. The van der Waals surface area contributed by atoms with Crippen LogP contribution in [0.5, 0.6) is 0 Å². The van der Waals surface area contributed by atoms with Crippen LogP contribution in [0.1, 0.15) is 0 Å². The molecule has 1 radical (unpaired) electrons. The van der Waals surface area contributed by atoms with Crippen LogP contribution in [0.4, 0.5) is 4.79 Å². The highest BCUT2D eigenvalue weighted by molar-refractivity contribution is 5.73. The summed E-state index contributed by atoms with van der Waals surface area (Å²) in [6.07, 6.45) is 3.35. The minimum Gasteiger partial charge on any atom is -0.351 e. The van der Waals surface area contributed by atoms with Gasteiger partial charge in [-0.05, 0) is 0 Å². The van der Waals surface area contributed by atoms with Gasteiger partial charge in [-0.15, -0.1) is 0 Å². The Morgan fingerprint density at radius 3 is 2.90 bits per heavy atom. The van der Waals surface area contributed by atoms with Gasteiger partial charge in [0, 0.05) is 12.3 Å². The number of carbonyl (C=O) groups is 1. The number of hydrogen-bond acceptors (Lipinski definition) is 3. The zero-order chi connectivity index (χ0) is 7.56. The predicted octanol–water partition coefficient (Wildman–Crippen LogP) is -1.03. The van der Waals surface area contributed by atoms with E-state index >= 15 is 0 Å². The molecule has 10 heavy (non-hydrogen) atoms. The van der Waals surface area contributed by atoms with Gasteiger partial charge in [-0.25, -0.2) is 14.3 Å². The smallest absolute Gasteiger partial charge is 0.327 e. The normalized spacial score (nSPS) is 9.20. The number of nitrogens with zero attached hydrogens (tertiary/aromatic N) is 2. The van der Waals surface area contributed by atoms with Crippen molar-refractivity contribution in [2.24, 2.45) is 5.73 Å². The third-order valence-electron chi connectivity index (χ3n) is 0.890. The minimum absolute atomic E-state index is 0.525. The fourth-order valence-corrected chi connectivity index (χ4v) is 0.474. The first-order valence-corrected chi connectivity index (χ1v) is 2.47. The van der Waals surface area contributed by atoms with Gasteiger partial charge in [0.1, 0.15) is 0 Å². The fraction of sp³-hybridized carbons (Fsp3) is 0. The number of rotatable bonds is 0. The topological polar surface area (TPSA) is 78.0 Å². The van der Waals surface area contributed by atoms with Gasteiger partial charge in [0.25, 0.3) is 5.56 Å². The molecule has 1 aromatic heterocycles. The molecule has 5 nitrogen and oxygen atoms in total. The molecule has 0 atom stereocenters. The van der Waals surface area contributed by atoms with Crippen molar-refractivity contribution in [2.45, 2.75) is 0 Å². The first-order valence-electron chi connectivity index (χ1n) is 2.47. The lowest BCUT2D eigenvalue weighted by Gasteiger charge is -1.92. The maximum Gasteiger partial charge on any atom is 0.327 e. The van der Waals surface area contributed by atoms with Crippen LogP contribution in [0.25, 0.3) is 0 Å². The molecule has 0 aliphatic rings. The Hall–Kier alpha value is -1.65. The molecule has 0 aromatic carbocycles. The van der Waals surface area contributed by atoms with E-state index < -0.39 is 11.6 Å². The average Bonchev–Trinajstić information content (AvgIpc) is 1.88. The maximum atomic E-state index is 10.7. The second-order valence-electron chi connectivity index (χ2n) is 1.56. The van der Waals surface area contributed by atoms with Crippen LogP contribution in [0.15, 0.2) is 17.1 Å². The van der Waals surface area contributed by atoms with Crippen molar-refractivity contribution in [3.63, 3.8) is 0 Å². The molecule has 0 saturated heterocycles. The molecule has 1 rings (SSSR count). The second kappa shape index (κ2) is 2.30. The van der Waals surface area contributed by atoms with Gasteiger partial charge in [-0.2, -0.15) is 0 Å². The van der Waals surface area contributed by atoms with E-state index in [1.54, 1.807) is 0 Å².